The Morgan fingerprint density at radius 2 is 2.25 bits per heavy atom. The van der Waals surface area contributed by atoms with Crippen LogP contribution in [0, 0.1) is 0 Å². The predicted octanol–water partition coefficient (Wildman–Crippen LogP) is 0.413. The van der Waals surface area contributed by atoms with E-state index in [0.29, 0.717) is 6.04 Å². The van der Waals surface area contributed by atoms with Crippen molar-refractivity contribution >= 4 is 18.0 Å². The quantitative estimate of drug-likeness (QED) is 0.428. The largest absolute Gasteiger partial charge is 0.345 e. The van der Waals surface area contributed by atoms with Crippen molar-refractivity contribution in [1.29, 1.82) is 0 Å². The number of carbonyl (C=O) groups excluding carboxylic acids is 1. The molecule has 3 heteroatoms. The van der Waals surface area contributed by atoms with E-state index in [-0.39, 0.29) is 5.38 Å². The molecule has 1 aliphatic carbocycles. The van der Waals surface area contributed by atoms with Gasteiger partial charge in [-0.25, -0.2) is 0 Å². The smallest absolute Gasteiger partial charge is 0.309 e. The summed E-state index contributed by atoms with van der Waals surface area (Å²) in [7, 11) is 0. The molecule has 0 saturated heterocycles. The summed E-state index contributed by atoms with van der Waals surface area (Å²) in [5, 5.41) is 2.80. The first-order chi connectivity index (χ1) is 3.83. The van der Waals surface area contributed by atoms with Gasteiger partial charge in [0.15, 0.2) is 0 Å². The minimum absolute atomic E-state index is 0.279. The van der Waals surface area contributed by atoms with Crippen LogP contribution >= 0.6 is 11.6 Å². The van der Waals surface area contributed by atoms with Gasteiger partial charge in [-0.05, 0) is 12.8 Å². The normalized spacial score (nSPS) is 35.6. The fourth-order valence-corrected chi connectivity index (χ4v) is 1.18. The molecular formula is C5H7ClNO. The molecule has 1 amide bonds. The minimum Gasteiger partial charge on any atom is -0.345 e. The molecule has 0 aromatic heterocycles. The Labute approximate surface area is 53.2 Å². The van der Waals surface area contributed by atoms with Crippen LogP contribution in [0.25, 0.3) is 0 Å². The molecule has 1 radical (unpaired) electrons. The van der Waals surface area contributed by atoms with E-state index in [1.807, 2.05) is 0 Å². The number of hydrogen-bond acceptors (Lipinski definition) is 1. The molecule has 0 atom stereocenters. The second-order valence-corrected chi connectivity index (χ2v) is 2.63. The topological polar surface area (TPSA) is 29.1 Å². The monoisotopic (exact) mass is 132 g/mol. The molecule has 1 saturated carbocycles. The lowest BCUT2D eigenvalue weighted by Gasteiger charge is -2.29. The first kappa shape index (κ1) is 5.89. The number of rotatable bonds is 2. The van der Waals surface area contributed by atoms with E-state index < -0.39 is 0 Å². The average molecular weight is 133 g/mol. The number of halogens is 1. The molecule has 0 bridgehead atoms. The molecule has 1 aliphatic rings. The van der Waals surface area contributed by atoms with Gasteiger partial charge in [-0.1, -0.05) is 0 Å². The highest BCUT2D eigenvalue weighted by Gasteiger charge is 2.26. The molecule has 2 nitrogen and oxygen atoms in total. The Bertz CT molecular complexity index is 90.4. The standard InChI is InChI=1S/C5H7ClNO/c6-4-1-5(2-4)7-3-8/h4-5H,1-2H2,(H,7,8). The highest BCUT2D eigenvalue weighted by molar-refractivity contribution is 6.21. The van der Waals surface area contributed by atoms with Crippen molar-refractivity contribution in [3.05, 3.63) is 0 Å². The summed E-state index contributed by atoms with van der Waals surface area (Å²) in [4.78, 5) is 9.64. The number of amides is 1. The van der Waals surface area contributed by atoms with Crippen molar-refractivity contribution < 1.29 is 4.79 Å². The van der Waals surface area contributed by atoms with Gasteiger partial charge in [0.25, 0.3) is 0 Å². The van der Waals surface area contributed by atoms with Crippen LogP contribution in [0.15, 0.2) is 0 Å². The fraction of sp³-hybridized carbons (Fsp3) is 0.800. The summed E-state index contributed by atoms with van der Waals surface area (Å²) in [6.07, 6.45) is 3.43. The third kappa shape index (κ3) is 1.13. The van der Waals surface area contributed by atoms with Crippen LogP contribution in [0.5, 0.6) is 0 Å². The maximum absolute atomic E-state index is 9.64. The van der Waals surface area contributed by atoms with Gasteiger partial charge in [-0.2, -0.15) is 0 Å². The molecule has 1 N–H and O–H groups in total. The Morgan fingerprint density at radius 3 is 2.62 bits per heavy atom. The molecule has 0 aromatic rings. The van der Waals surface area contributed by atoms with E-state index >= 15 is 0 Å². The van der Waals surface area contributed by atoms with Gasteiger partial charge >= 0.3 is 6.41 Å². The van der Waals surface area contributed by atoms with Gasteiger partial charge in [0.1, 0.15) is 0 Å². The number of nitrogens with one attached hydrogen (secondary N) is 1. The molecule has 0 heterocycles. The summed E-state index contributed by atoms with van der Waals surface area (Å²) >= 11 is 5.61. The van der Waals surface area contributed by atoms with Crippen LogP contribution < -0.4 is 5.32 Å². The second kappa shape index (κ2) is 2.35. The molecule has 8 heavy (non-hydrogen) atoms. The van der Waals surface area contributed by atoms with Gasteiger partial charge in [-0.15, -0.1) is 11.6 Å². The van der Waals surface area contributed by atoms with E-state index in [1.54, 1.807) is 6.41 Å². The lowest BCUT2D eigenvalue weighted by atomic mass is 9.93. The zero-order valence-corrected chi connectivity index (χ0v) is 5.11. The van der Waals surface area contributed by atoms with Crippen molar-refractivity contribution in [3.8, 4) is 0 Å². The molecule has 0 unspecified atom stereocenters. The predicted molar refractivity (Wildman–Crippen MR) is 31.5 cm³/mol. The summed E-state index contributed by atoms with van der Waals surface area (Å²) in [5.41, 5.74) is 0. The maximum atomic E-state index is 9.64. The molecule has 1 rings (SSSR count). The Kier molecular flexibility index (Phi) is 1.73. The van der Waals surface area contributed by atoms with E-state index in [2.05, 4.69) is 5.32 Å². The van der Waals surface area contributed by atoms with Gasteiger partial charge in [0, 0.05) is 11.4 Å². The van der Waals surface area contributed by atoms with Crippen LogP contribution in [0.3, 0.4) is 0 Å². The van der Waals surface area contributed by atoms with Crippen LogP contribution in [-0.2, 0) is 4.79 Å². The molecular weight excluding hydrogens is 126 g/mol. The molecule has 0 aliphatic heterocycles. The van der Waals surface area contributed by atoms with Gasteiger partial charge in [0.2, 0.25) is 0 Å². The minimum atomic E-state index is 0.279. The highest BCUT2D eigenvalue weighted by Crippen LogP contribution is 2.24. The number of hydrogen-bond donors (Lipinski definition) is 1. The van der Waals surface area contributed by atoms with Crippen LogP contribution in [0.4, 0.5) is 0 Å². The van der Waals surface area contributed by atoms with Crippen molar-refractivity contribution in [1.82, 2.24) is 5.32 Å². The van der Waals surface area contributed by atoms with Crippen molar-refractivity contribution in [2.75, 3.05) is 0 Å². The highest BCUT2D eigenvalue weighted by atomic mass is 35.5. The van der Waals surface area contributed by atoms with E-state index in [0.717, 1.165) is 12.8 Å². The van der Waals surface area contributed by atoms with Crippen LogP contribution in [0.1, 0.15) is 12.8 Å². The molecule has 0 spiro atoms. The first-order valence-electron chi connectivity index (χ1n) is 2.59. The zero-order valence-electron chi connectivity index (χ0n) is 4.36. The van der Waals surface area contributed by atoms with Gasteiger partial charge in [0.05, 0.1) is 0 Å². The third-order valence-corrected chi connectivity index (χ3v) is 1.70. The Morgan fingerprint density at radius 1 is 1.62 bits per heavy atom. The van der Waals surface area contributed by atoms with E-state index in [1.165, 1.54) is 0 Å². The zero-order chi connectivity index (χ0) is 5.98. The summed E-state index contributed by atoms with van der Waals surface area (Å²) in [6, 6.07) is 0.301. The van der Waals surface area contributed by atoms with Crippen molar-refractivity contribution in [3.63, 3.8) is 0 Å². The van der Waals surface area contributed by atoms with Gasteiger partial charge in [-0.3, -0.25) is 4.79 Å². The second-order valence-electron chi connectivity index (χ2n) is 2.01. The first-order valence-corrected chi connectivity index (χ1v) is 3.03. The van der Waals surface area contributed by atoms with Crippen molar-refractivity contribution in [2.24, 2.45) is 0 Å². The SMILES string of the molecule is O=[C]NC1CC(Cl)C1. The summed E-state index contributed by atoms with van der Waals surface area (Å²) in [6.45, 7) is 0. The molecule has 45 valence electrons. The summed E-state index contributed by atoms with van der Waals surface area (Å²) < 4.78 is 0. The van der Waals surface area contributed by atoms with Crippen LogP contribution in [-0.4, -0.2) is 17.8 Å². The van der Waals surface area contributed by atoms with E-state index in [4.69, 9.17) is 11.6 Å². The van der Waals surface area contributed by atoms with Crippen molar-refractivity contribution in [2.45, 2.75) is 24.3 Å². The number of alkyl halides is 1. The van der Waals surface area contributed by atoms with Crippen LogP contribution in [0.2, 0.25) is 0 Å². The molecule has 0 aromatic carbocycles. The van der Waals surface area contributed by atoms with Gasteiger partial charge < -0.3 is 5.32 Å². The lowest BCUT2D eigenvalue weighted by molar-refractivity contribution is 0.381. The fourth-order valence-electron chi connectivity index (χ4n) is 0.750. The maximum Gasteiger partial charge on any atom is 0.309 e. The molecule has 1 fully saturated rings. The Balaban J connectivity index is 2.06. The summed E-state index contributed by atoms with van der Waals surface area (Å²) in [5.74, 6) is 0. The third-order valence-electron chi connectivity index (χ3n) is 1.34. The average Bonchev–Trinajstić information content (AvgIpc) is 1.64. The lowest BCUT2D eigenvalue weighted by Crippen LogP contribution is -2.40. The van der Waals surface area contributed by atoms with E-state index in [9.17, 15) is 4.79 Å². The Hall–Kier alpha value is -0.240.